The van der Waals surface area contributed by atoms with Crippen LogP contribution in [0.3, 0.4) is 0 Å². The van der Waals surface area contributed by atoms with Crippen molar-refractivity contribution in [3.8, 4) is 0 Å². The number of halogens is 1. The van der Waals surface area contributed by atoms with E-state index in [9.17, 15) is 4.39 Å². The third-order valence-electron chi connectivity index (χ3n) is 3.31. The lowest BCUT2D eigenvalue weighted by atomic mass is 9.76. The van der Waals surface area contributed by atoms with Gasteiger partial charge in [-0.3, -0.25) is 0 Å². The first-order chi connectivity index (χ1) is 7.19. The van der Waals surface area contributed by atoms with Crippen LogP contribution < -0.4 is 0 Å². The Kier molecular flexibility index (Phi) is 3.65. The quantitative estimate of drug-likeness (QED) is 0.542. The fourth-order valence-electron chi connectivity index (χ4n) is 1.53. The van der Waals surface area contributed by atoms with Gasteiger partial charge in [0, 0.05) is 0 Å². The van der Waals surface area contributed by atoms with Gasteiger partial charge in [-0.1, -0.05) is 13.5 Å². The molecule has 0 spiro atoms. The van der Waals surface area contributed by atoms with E-state index in [0.717, 1.165) is 5.47 Å². The Balaban J connectivity index is 2.90. The first-order valence-electron chi connectivity index (χ1n) is 5.60. The van der Waals surface area contributed by atoms with Gasteiger partial charge < -0.3 is 9.31 Å². The van der Waals surface area contributed by atoms with Gasteiger partial charge in [-0.05, 0) is 45.7 Å². The number of hydrogen-bond donors (Lipinski definition) is 0. The average molecular weight is 226 g/mol. The molecule has 0 aromatic heterocycles. The normalized spacial score (nSPS) is 23.6. The summed E-state index contributed by atoms with van der Waals surface area (Å²) in [5.74, 6) is -0.466. The lowest BCUT2D eigenvalue weighted by molar-refractivity contribution is 0.00578. The molecule has 0 radical (unpaired) electrons. The molecule has 1 rings (SSSR count). The molecule has 0 N–H and O–H groups in total. The highest BCUT2D eigenvalue weighted by Crippen LogP contribution is 2.39. The van der Waals surface area contributed by atoms with Crippen LogP contribution in [0.15, 0.2) is 24.0 Å². The Hall–Kier alpha value is -0.605. The molecule has 1 aliphatic rings. The summed E-state index contributed by atoms with van der Waals surface area (Å²) in [6.45, 7) is 13.1. The molecule has 16 heavy (non-hydrogen) atoms. The Morgan fingerprint density at radius 1 is 1.25 bits per heavy atom. The van der Waals surface area contributed by atoms with Crippen LogP contribution in [0.5, 0.6) is 0 Å². The highest BCUT2D eigenvalue weighted by molar-refractivity contribution is 6.54. The molecule has 1 aliphatic heterocycles. The third-order valence-corrected chi connectivity index (χ3v) is 3.31. The van der Waals surface area contributed by atoms with Crippen molar-refractivity contribution in [2.45, 2.75) is 52.2 Å². The summed E-state index contributed by atoms with van der Waals surface area (Å²) in [4.78, 5) is 0. The molecule has 2 nitrogen and oxygen atoms in total. The highest BCUT2D eigenvalue weighted by atomic mass is 19.1. The largest absolute Gasteiger partial charge is 0.490 e. The van der Waals surface area contributed by atoms with Gasteiger partial charge in [0.05, 0.1) is 11.2 Å². The van der Waals surface area contributed by atoms with Crippen LogP contribution in [-0.4, -0.2) is 18.3 Å². The van der Waals surface area contributed by atoms with E-state index in [0.29, 0.717) is 6.42 Å². The van der Waals surface area contributed by atoms with Crippen molar-refractivity contribution in [3.63, 3.8) is 0 Å². The van der Waals surface area contributed by atoms with Crippen LogP contribution in [0.1, 0.15) is 41.0 Å². The summed E-state index contributed by atoms with van der Waals surface area (Å²) >= 11 is 0. The summed E-state index contributed by atoms with van der Waals surface area (Å²) in [5.41, 5.74) is 0.0128. The Bertz CT molecular complexity index is 305. The predicted molar refractivity (Wildman–Crippen MR) is 64.7 cm³/mol. The third kappa shape index (κ3) is 2.55. The first-order valence-corrected chi connectivity index (χ1v) is 5.60. The fraction of sp³-hybridized carbons (Fsp3) is 0.667. The number of hydrogen-bond acceptors (Lipinski definition) is 2. The summed E-state index contributed by atoms with van der Waals surface area (Å²) in [5, 5.41) is 0. The van der Waals surface area contributed by atoms with Crippen molar-refractivity contribution in [2.75, 3.05) is 0 Å². The minimum atomic E-state index is -0.470. The zero-order valence-corrected chi connectivity index (χ0v) is 10.8. The van der Waals surface area contributed by atoms with Gasteiger partial charge >= 0.3 is 7.12 Å². The van der Waals surface area contributed by atoms with Gasteiger partial charge in [0.25, 0.3) is 0 Å². The first kappa shape index (κ1) is 13.5. The van der Waals surface area contributed by atoms with E-state index in [-0.39, 0.29) is 11.2 Å². The summed E-state index contributed by atoms with van der Waals surface area (Å²) in [6, 6.07) is 0. The molecular formula is C12H20BFO2. The summed E-state index contributed by atoms with van der Waals surface area (Å²) in [6.07, 6.45) is 2.07. The van der Waals surface area contributed by atoms with Crippen molar-refractivity contribution >= 4 is 7.12 Å². The molecule has 1 fully saturated rings. The zero-order chi connectivity index (χ0) is 12.6. The molecule has 90 valence electrons. The topological polar surface area (TPSA) is 18.5 Å². The Labute approximate surface area is 97.7 Å². The molecule has 4 heteroatoms. The molecule has 0 unspecified atom stereocenters. The Morgan fingerprint density at radius 3 is 2.00 bits per heavy atom. The Morgan fingerprint density at radius 2 is 1.69 bits per heavy atom. The second kappa shape index (κ2) is 4.34. The van der Waals surface area contributed by atoms with Crippen molar-refractivity contribution in [1.82, 2.24) is 0 Å². The standard InChI is InChI=1S/C12H20BFO2/c1-7-10(8-9(2)14)13-15-11(3,4)12(5,6)16-13/h8H,2,7H2,1,3-6H3/b10-8+. The van der Waals surface area contributed by atoms with Crippen LogP contribution in [0.4, 0.5) is 4.39 Å². The molecule has 0 aliphatic carbocycles. The van der Waals surface area contributed by atoms with Gasteiger partial charge in [0.2, 0.25) is 0 Å². The minimum Gasteiger partial charge on any atom is -0.400 e. The molecule has 0 bridgehead atoms. The molecular weight excluding hydrogens is 206 g/mol. The van der Waals surface area contributed by atoms with Crippen molar-refractivity contribution in [2.24, 2.45) is 0 Å². The van der Waals surface area contributed by atoms with E-state index in [4.69, 9.17) is 9.31 Å². The van der Waals surface area contributed by atoms with E-state index in [1.807, 2.05) is 34.6 Å². The lowest BCUT2D eigenvalue weighted by Gasteiger charge is -2.32. The van der Waals surface area contributed by atoms with Crippen LogP contribution in [-0.2, 0) is 9.31 Å². The fourth-order valence-corrected chi connectivity index (χ4v) is 1.53. The monoisotopic (exact) mass is 226 g/mol. The van der Waals surface area contributed by atoms with Crippen LogP contribution in [0, 0.1) is 0 Å². The molecule has 0 amide bonds. The number of rotatable bonds is 3. The van der Waals surface area contributed by atoms with E-state index >= 15 is 0 Å². The van der Waals surface area contributed by atoms with Gasteiger partial charge in [-0.25, -0.2) is 4.39 Å². The number of allylic oxidation sites excluding steroid dienone is 3. The van der Waals surface area contributed by atoms with E-state index in [1.165, 1.54) is 6.08 Å². The molecule has 1 heterocycles. The minimum absolute atomic E-state index is 0.385. The predicted octanol–water partition coefficient (Wildman–Crippen LogP) is 3.44. The average Bonchev–Trinajstić information content (AvgIpc) is 2.31. The maximum atomic E-state index is 12.8. The van der Waals surface area contributed by atoms with Crippen molar-refractivity contribution in [3.05, 3.63) is 24.0 Å². The van der Waals surface area contributed by atoms with Crippen molar-refractivity contribution in [1.29, 1.82) is 0 Å². The van der Waals surface area contributed by atoms with Crippen molar-refractivity contribution < 1.29 is 13.7 Å². The van der Waals surface area contributed by atoms with Gasteiger partial charge in [0.1, 0.15) is 5.83 Å². The van der Waals surface area contributed by atoms with Gasteiger partial charge in [0.15, 0.2) is 0 Å². The zero-order valence-electron chi connectivity index (χ0n) is 10.8. The SMILES string of the molecule is C=C(F)/C=C(\CC)B1OC(C)(C)C(C)(C)O1. The molecule has 0 aromatic rings. The van der Waals surface area contributed by atoms with E-state index in [2.05, 4.69) is 6.58 Å². The molecule has 1 saturated heterocycles. The second-order valence-electron chi connectivity index (χ2n) is 5.11. The second-order valence-corrected chi connectivity index (χ2v) is 5.11. The molecule has 0 saturated carbocycles. The van der Waals surface area contributed by atoms with Crippen LogP contribution in [0.25, 0.3) is 0 Å². The van der Waals surface area contributed by atoms with E-state index in [1.54, 1.807) is 0 Å². The van der Waals surface area contributed by atoms with E-state index < -0.39 is 12.9 Å². The summed E-state index contributed by atoms with van der Waals surface area (Å²) in [7, 11) is -0.470. The van der Waals surface area contributed by atoms with Crippen LogP contribution >= 0.6 is 0 Å². The maximum absolute atomic E-state index is 12.8. The van der Waals surface area contributed by atoms with Gasteiger partial charge in [-0.15, -0.1) is 0 Å². The highest BCUT2D eigenvalue weighted by Gasteiger charge is 2.51. The van der Waals surface area contributed by atoms with Crippen LogP contribution in [0.2, 0.25) is 0 Å². The smallest absolute Gasteiger partial charge is 0.400 e. The maximum Gasteiger partial charge on any atom is 0.490 e. The molecule has 0 atom stereocenters. The lowest BCUT2D eigenvalue weighted by Crippen LogP contribution is -2.41. The summed E-state index contributed by atoms with van der Waals surface area (Å²) < 4.78 is 24.4. The van der Waals surface area contributed by atoms with Gasteiger partial charge in [-0.2, -0.15) is 0 Å². The molecule has 0 aromatic carbocycles.